The Balaban J connectivity index is 2.65. The summed E-state index contributed by atoms with van der Waals surface area (Å²) in [5.74, 6) is -1.18. The quantitative estimate of drug-likeness (QED) is 0.650. The molecule has 1 fully saturated rings. The van der Waals surface area contributed by atoms with Crippen molar-refractivity contribution in [3.63, 3.8) is 0 Å². The van der Waals surface area contributed by atoms with Crippen LogP contribution in [0.4, 0.5) is 4.79 Å². The van der Waals surface area contributed by atoms with Gasteiger partial charge in [-0.05, 0) is 20.8 Å². The summed E-state index contributed by atoms with van der Waals surface area (Å²) in [5, 5.41) is 14.1. The number of carbonyl (C=O) groups excluding carboxylic acids is 2. The van der Waals surface area contributed by atoms with Crippen LogP contribution in [-0.4, -0.2) is 52.6 Å². The van der Waals surface area contributed by atoms with Crippen LogP contribution in [0.25, 0.3) is 0 Å². The van der Waals surface area contributed by atoms with E-state index in [2.05, 4.69) is 10.6 Å². The van der Waals surface area contributed by atoms with E-state index in [9.17, 15) is 14.4 Å². The number of nitrogens with one attached hydrogen (secondary N) is 2. The average molecular weight is 257 g/mol. The van der Waals surface area contributed by atoms with E-state index in [1.165, 1.54) is 4.90 Å². The molecule has 3 N–H and O–H groups in total. The summed E-state index contributed by atoms with van der Waals surface area (Å²) < 4.78 is 0. The summed E-state index contributed by atoms with van der Waals surface area (Å²) in [6.07, 6.45) is 0.233. The molecule has 18 heavy (non-hydrogen) atoms. The van der Waals surface area contributed by atoms with Gasteiger partial charge in [0.15, 0.2) is 0 Å². The summed E-state index contributed by atoms with van der Waals surface area (Å²) >= 11 is 0. The number of carboxylic acids is 1. The maximum absolute atomic E-state index is 12.0. The molecule has 3 amide bonds. The Morgan fingerprint density at radius 2 is 2.11 bits per heavy atom. The summed E-state index contributed by atoms with van der Waals surface area (Å²) in [6, 6.07) is -0.741. The molecule has 1 atom stereocenters. The van der Waals surface area contributed by atoms with Crippen molar-refractivity contribution in [3.8, 4) is 0 Å². The Labute approximate surface area is 106 Å². The molecule has 1 unspecified atom stereocenters. The monoisotopic (exact) mass is 257 g/mol. The van der Waals surface area contributed by atoms with Crippen molar-refractivity contribution in [1.29, 1.82) is 0 Å². The highest BCUT2D eigenvalue weighted by Crippen LogP contribution is 2.13. The van der Waals surface area contributed by atoms with Crippen molar-refractivity contribution in [3.05, 3.63) is 0 Å². The lowest BCUT2D eigenvalue weighted by molar-refractivity contribution is -0.138. The van der Waals surface area contributed by atoms with E-state index in [1.807, 2.05) is 0 Å². The number of carbonyl (C=O) groups is 3. The first-order valence-electron chi connectivity index (χ1n) is 5.77. The van der Waals surface area contributed by atoms with E-state index in [-0.39, 0.29) is 24.9 Å². The van der Waals surface area contributed by atoms with Gasteiger partial charge in [-0.2, -0.15) is 0 Å². The number of urea groups is 1. The molecule has 1 aliphatic rings. The van der Waals surface area contributed by atoms with Crippen molar-refractivity contribution in [2.75, 3.05) is 13.1 Å². The minimum Gasteiger partial charge on any atom is -0.480 e. The maximum atomic E-state index is 12.0. The smallest absolute Gasteiger partial charge is 0.323 e. The molecule has 0 aromatic heterocycles. The molecule has 7 heteroatoms. The van der Waals surface area contributed by atoms with Crippen LogP contribution >= 0.6 is 0 Å². The van der Waals surface area contributed by atoms with E-state index in [4.69, 9.17) is 5.11 Å². The number of amides is 3. The predicted octanol–water partition coefficient (Wildman–Crippen LogP) is -0.230. The Bertz CT molecular complexity index is 362. The molecule has 0 saturated carbocycles. The van der Waals surface area contributed by atoms with E-state index in [0.717, 1.165) is 0 Å². The molecule has 0 bridgehead atoms. The van der Waals surface area contributed by atoms with Crippen LogP contribution in [0.5, 0.6) is 0 Å². The molecule has 1 saturated heterocycles. The van der Waals surface area contributed by atoms with Gasteiger partial charge >= 0.3 is 12.0 Å². The molecule has 0 radical (unpaired) electrons. The van der Waals surface area contributed by atoms with Crippen molar-refractivity contribution in [1.82, 2.24) is 15.5 Å². The van der Waals surface area contributed by atoms with Gasteiger partial charge in [-0.3, -0.25) is 9.59 Å². The van der Waals surface area contributed by atoms with Gasteiger partial charge in [0.1, 0.15) is 6.54 Å². The Hall–Kier alpha value is -1.79. The third kappa shape index (κ3) is 3.90. The number of hydrogen-bond donors (Lipinski definition) is 3. The molecule has 1 aliphatic heterocycles. The molecule has 1 rings (SSSR count). The number of hydrogen-bond acceptors (Lipinski definition) is 3. The summed E-state index contributed by atoms with van der Waals surface area (Å²) in [5.41, 5.74) is -0.599. The molecule has 1 heterocycles. The fourth-order valence-electron chi connectivity index (χ4n) is 1.71. The zero-order valence-corrected chi connectivity index (χ0v) is 10.8. The second-order valence-corrected chi connectivity index (χ2v) is 5.31. The van der Waals surface area contributed by atoms with E-state index in [1.54, 1.807) is 20.8 Å². The molecular weight excluding hydrogens is 238 g/mol. The van der Waals surface area contributed by atoms with Crippen molar-refractivity contribution in [2.45, 2.75) is 38.8 Å². The highest BCUT2D eigenvalue weighted by Gasteiger charge is 2.31. The normalized spacial score (nSPS) is 19.3. The highest BCUT2D eigenvalue weighted by atomic mass is 16.4. The van der Waals surface area contributed by atoms with Gasteiger partial charge in [0, 0.05) is 18.5 Å². The lowest BCUT2D eigenvalue weighted by Gasteiger charge is -2.35. The van der Waals surface area contributed by atoms with Crippen LogP contribution in [0.1, 0.15) is 27.2 Å². The van der Waals surface area contributed by atoms with Crippen LogP contribution in [0.3, 0.4) is 0 Å². The van der Waals surface area contributed by atoms with Gasteiger partial charge < -0.3 is 20.6 Å². The molecule has 102 valence electrons. The highest BCUT2D eigenvalue weighted by molar-refractivity contribution is 5.83. The topological polar surface area (TPSA) is 98.7 Å². The van der Waals surface area contributed by atoms with Crippen LogP contribution in [-0.2, 0) is 9.59 Å². The van der Waals surface area contributed by atoms with E-state index in [0.29, 0.717) is 6.54 Å². The lowest BCUT2D eigenvalue weighted by atomic mass is 10.1. The Morgan fingerprint density at radius 3 is 2.50 bits per heavy atom. The standard InChI is InChI=1S/C11H19N3O4/c1-11(2,3)14(6-9(16)17)10(18)13-7-4-8(15)12-5-7/h7H,4-6H2,1-3H3,(H,12,15)(H,13,18)(H,16,17). The van der Waals surface area contributed by atoms with Crippen LogP contribution < -0.4 is 10.6 Å². The molecule has 0 aliphatic carbocycles. The van der Waals surface area contributed by atoms with Crippen LogP contribution in [0.15, 0.2) is 0 Å². The SMILES string of the molecule is CC(C)(C)N(CC(=O)O)C(=O)NC1CNC(=O)C1. The van der Waals surface area contributed by atoms with E-state index < -0.39 is 17.5 Å². The van der Waals surface area contributed by atoms with Crippen LogP contribution in [0.2, 0.25) is 0 Å². The molecule has 0 spiro atoms. The first-order chi connectivity index (χ1) is 8.20. The lowest BCUT2D eigenvalue weighted by Crippen LogP contribution is -2.54. The first-order valence-corrected chi connectivity index (χ1v) is 5.77. The molecule has 0 aromatic carbocycles. The molecular formula is C11H19N3O4. The zero-order valence-electron chi connectivity index (χ0n) is 10.8. The van der Waals surface area contributed by atoms with Crippen molar-refractivity contribution >= 4 is 17.9 Å². The number of nitrogens with zero attached hydrogens (tertiary/aromatic N) is 1. The average Bonchev–Trinajstić information content (AvgIpc) is 2.58. The molecule has 7 nitrogen and oxygen atoms in total. The zero-order chi connectivity index (χ0) is 13.9. The second-order valence-electron chi connectivity index (χ2n) is 5.31. The Kier molecular flexibility index (Phi) is 4.15. The van der Waals surface area contributed by atoms with Gasteiger partial charge in [0.25, 0.3) is 0 Å². The largest absolute Gasteiger partial charge is 0.480 e. The fraction of sp³-hybridized carbons (Fsp3) is 0.727. The van der Waals surface area contributed by atoms with Crippen molar-refractivity contribution < 1.29 is 19.5 Å². The summed E-state index contributed by atoms with van der Waals surface area (Å²) in [7, 11) is 0. The minimum atomic E-state index is -1.07. The van der Waals surface area contributed by atoms with Gasteiger partial charge in [-0.15, -0.1) is 0 Å². The van der Waals surface area contributed by atoms with E-state index >= 15 is 0 Å². The predicted molar refractivity (Wildman–Crippen MR) is 64.0 cm³/mol. The van der Waals surface area contributed by atoms with Crippen LogP contribution in [0, 0.1) is 0 Å². The van der Waals surface area contributed by atoms with Gasteiger partial charge in [0.2, 0.25) is 5.91 Å². The van der Waals surface area contributed by atoms with Gasteiger partial charge in [-0.25, -0.2) is 4.79 Å². The molecule has 0 aromatic rings. The summed E-state index contributed by atoms with van der Waals surface area (Å²) in [4.78, 5) is 35.0. The number of carboxylic acid groups (broad SMARTS) is 1. The maximum Gasteiger partial charge on any atom is 0.323 e. The third-order valence-corrected chi connectivity index (χ3v) is 2.65. The second kappa shape index (κ2) is 5.24. The first kappa shape index (κ1) is 14.3. The minimum absolute atomic E-state index is 0.110. The number of rotatable bonds is 3. The summed E-state index contributed by atoms with van der Waals surface area (Å²) in [6.45, 7) is 5.29. The Morgan fingerprint density at radius 1 is 1.50 bits per heavy atom. The van der Waals surface area contributed by atoms with Crippen molar-refractivity contribution in [2.24, 2.45) is 0 Å². The van der Waals surface area contributed by atoms with Gasteiger partial charge in [0.05, 0.1) is 6.04 Å². The van der Waals surface area contributed by atoms with Gasteiger partial charge in [-0.1, -0.05) is 0 Å². The third-order valence-electron chi connectivity index (χ3n) is 2.65. The fourth-order valence-corrected chi connectivity index (χ4v) is 1.71. The number of aliphatic carboxylic acids is 1.